The van der Waals surface area contributed by atoms with Crippen LogP contribution < -0.4 is 4.74 Å². The topological polar surface area (TPSA) is 51.7 Å². The van der Waals surface area contributed by atoms with Crippen molar-refractivity contribution in [3.63, 3.8) is 0 Å². The van der Waals surface area contributed by atoms with E-state index in [9.17, 15) is 4.79 Å². The number of nitrogens with zero attached hydrogens (tertiary/aromatic N) is 2. The molecule has 5 nitrogen and oxygen atoms in total. The highest BCUT2D eigenvalue weighted by molar-refractivity contribution is 5.68. The molecule has 1 aliphatic rings. The first-order chi connectivity index (χ1) is 10.3. The van der Waals surface area contributed by atoms with Crippen molar-refractivity contribution in [3.8, 4) is 5.88 Å². The van der Waals surface area contributed by atoms with Crippen molar-refractivity contribution in [1.29, 1.82) is 0 Å². The molecule has 1 amide bonds. The fraction of sp³-hybridized carbons (Fsp3) is 0.647. The van der Waals surface area contributed by atoms with Gasteiger partial charge in [0.25, 0.3) is 0 Å². The van der Waals surface area contributed by atoms with Crippen molar-refractivity contribution in [1.82, 2.24) is 9.88 Å². The smallest absolute Gasteiger partial charge is 0.410 e. The molecule has 0 unspecified atom stereocenters. The third-order valence-electron chi connectivity index (χ3n) is 3.62. The van der Waals surface area contributed by atoms with Gasteiger partial charge < -0.3 is 14.4 Å². The van der Waals surface area contributed by atoms with Gasteiger partial charge in [-0.2, -0.15) is 0 Å². The lowest BCUT2D eigenvalue weighted by Crippen LogP contribution is -2.42. The lowest BCUT2D eigenvalue weighted by Gasteiger charge is -2.33. The molecule has 0 radical (unpaired) electrons. The van der Waals surface area contributed by atoms with E-state index < -0.39 is 5.60 Å². The summed E-state index contributed by atoms with van der Waals surface area (Å²) in [7, 11) is 0. The zero-order valence-electron chi connectivity index (χ0n) is 14.0. The number of likely N-dealkylation sites (tertiary alicyclic amines) is 1. The van der Waals surface area contributed by atoms with Gasteiger partial charge in [-0.05, 0) is 52.0 Å². The molecule has 2 rings (SSSR count). The number of piperidine rings is 1. The molecule has 1 aromatic rings. The molecule has 0 saturated carbocycles. The molecule has 1 aliphatic heterocycles. The number of rotatable bonds is 3. The van der Waals surface area contributed by atoms with Gasteiger partial charge in [-0.1, -0.05) is 6.07 Å². The predicted octanol–water partition coefficient (Wildman–Crippen LogP) is 3.42. The lowest BCUT2D eigenvalue weighted by molar-refractivity contribution is 0.0164. The Balaban J connectivity index is 1.73. The van der Waals surface area contributed by atoms with Crippen LogP contribution in [0.5, 0.6) is 5.88 Å². The minimum atomic E-state index is -0.436. The van der Waals surface area contributed by atoms with Gasteiger partial charge >= 0.3 is 6.09 Å². The maximum absolute atomic E-state index is 12.0. The van der Waals surface area contributed by atoms with Gasteiger partial charge in [0.05, 0.1) is 6.61 Å². The molecule has 2 heterocycles. The fourth-order valence-corrected chi connectivity index (χ4v) is 2.35. The molecule has 0 N–H and O–H groups in total. The van der Waals surface area contributed by atoms with Crippen molar-refractivity contribution in [2.24, 2.45) is 5.92 Å². The summed E-state index contributed by atoms with van der Waals surface area (Å²) in [5.41, 5.74) is 0.687. The number of carbonyl (C=O) groups is 1. The van der Waals surface area contributed by atoms with Crippen LogP contribution in [0.3, 0.4) is 0 Å². The SMILES string of the molecule is Cc1ccc(OCC2CCN(C(=O)OC(C)(C)C)CC2)nc1. The fourth-order valence-electron chi connectivity index (χ4n) is 2.35. The van der Waals surface area contributed by atoms with E-state index in [-0.39, 0.29) is 6.09 Å². The maximum atomic E-state index is 12.0. The highest BCUT2D eigenvalue weighted by Crippen LogP contribution is 2.20. The Morgan fingerprint density at radius 1 is 1.32 bits per heavy atom. The zero-order chi connectivity index (χ0) is 16.2. The monoisotopic (exact) mass is 306 g/mol. The summed E-state index contributed by atoms with van der Waals surface area (Å²) in [6.07, 6.45) is 3.46. The molecule has 1 saturated heterocycles. The summed E-state index contributed by atoms with van der Waals surface area (Å²) in [5.74, 6) is 1.13. The number of aryl methyl sites for hydroxylation is 1. The largest absolute Gasteiger partial charge is 0.477 e. The van der Waals surface area contributed by atoms with Crippen LogP contribution in [0.1, 0.15) is 39.2 Å². The van der Waals surface area contributed by atoms with Crippen molar-refractivity contribution < 1.29 is 14.3 Å². The van der Waals surface area contributed by atoms with E-state index in [1.54, 1.807) is 11.1 Å². The average molecular weight is 306 g/mol. The summed E-state index contributed by atoms with van der Waals surface area (Å²) < 4.78 is 11.1. The maximum Gasteiger partial charge on any atom is 0.410 e. The van der Waals surface area contributed by atoms with Crippen LogP contribution >= 0.6 is 0 Å². The molecule has 0 atom stereocenters. The van der Waals surface area contributed by atoms with Gasteiger partial charge in [0.1, 0.15) is 5.60 Å². The first kappa shape index (κ1) is 16.6. The normalized spacial score (nSPS) is 16.5. The number of carbonyl (C=O) groups excluding carboxylic acids is 1. The number of pyridine rings is 1. The summed E-state index contributed by atoms with van der Waals surface area (Å²) >= 11 is 0. The van der Waals surface area contributed by atoms with Gasteiger partial charge in [0, 0.05) is 25.4 Å². The van der Waals surface area contributed by atoms with Crippen molar-refractivity contribution in [2.45, 2.75) is 46.1 Å². The van der Waals surface area contributed by atoms with E-state index in [1.165, 1.54) is 0 Å². The lowest BCUT2D eigenvalue weighted by atomic mass is 9.98. The van der Waals surface area contributed by atoms with Crippen LogP contribution in [-0.2, 0) is 4.74 Å². The summed E-state index contributed by atoms with van der Waals surface area (Å²) in [6.45, 7) is 9.77. The molecular weight excluding hydrogens is 280 g/mol. The quantitative estimate of drug-likeness (QED) is 0.858. The predicted molar refractivity (Wildman–Crippen MR) is 85.0 cm³/mol. The van der Waals surface area contributed by atoms with Gasteiger partial charge in [0.2, 0.25) is 5.88 Å². The van der Waals surface area contributed by atoms with Crippen LogP contribution in [0, 0.1) is 12.8 Å². The number of amides is 1. The van der Waals surface area contributed by atoms with Gasteiger partial charge in [0.15, 0.2) is 0 Å². The first-order valence-corrected chi connectivity index (χ1v) is 7.87. The van der Waals surface area contributed by atoms with Crippen molar-refractivity contribution in [3.05, 3.63) is 23.9 Å². The molecule has 0 bridgehead atoms. The number of aromatic nitrogens is 1. The Morgan fingerprint density at radius 2 is 2.00 bits per heavy atom. The van der Waals surface area contributed by atoms with Crippen LogP contribution in [0.15, 0.2) is 18.3 Å². The Labute approximate surface area is 132 Å². The second-order valence-corrected chi connectivity index (χ2v) is 6.90. The van der Waals surface area contributed by atoms with Crippen LogP contribution in [0.25, 0.3) is 0 Å². The third kappa shape index (κ3) is 5.20. The Morgan fingerprint density at radius 3 is 2.55 bits per heavy atom. The molecule has 22 heavy (non-hydrogen) atoms. The molecular formula is C17H26N2O3. The molecule has 0 spiro atoms. The minimum Gasteiger partial charge on any atom is -0.477 e. The summed E-state index contributed by atoms with van der Waals surface area (Å²) in [6, 6.07) is 3.89. The Hall–Kier alpha value is -1.78. The standard InChI is InChI=1S/C17H26N2O3/c1-13-5-6-15(18-11-13)21-12-14-7-9-19(10-8-14)16(20)22-17(2,3)4/h5-6,11,14H,7-10,12H2,1-4H3. The van der Waals surface area contributed by atoms with Crippen LogP contribution in [-0.4, -0.2) is 41.3 Å². The Bertz CT molecular complexity index is 486. The molecule has 1 aromatic heterocycles. The van der Waals surface area contributed by atoms with E-state index in [0.717, 1.165) is 31.5 Å². The molecule has 5 heteroatoms. The minimum absolute atomic E-state index is 0.216. The van der Waals surface area contributed by atoms with Crippen LogP contribution in [0.4, 0.5) is 4.79 Å². The summed E-state index contributed by atoms with van der Waals surface area (Å²) in [5, 5.41) is 0. The molecule has 1 fully saturated rings. The Kier molecular flexibility index (Phi) is 5.27. The number of ether oxygens (including phenoxy) is 2. The molecule has 122 valence electrons. The highest BCUT2D eigenvalue weighted by atomic mass is 16.6. The first-order valence-electron chi connectivity index (χ1n) is 7.87. The summed E-state index contributed by atoms with van der Waals surface area (Å²) in [4.78, 5) is 18.0. The molecule has 0 aliphatic carbocycles. The highest BCUT2D eigenvalue weighted by Gasteiger charge is 2.27. The van der Waals surface area contributed by atoms with E-state index >= 15 is 0 Å². The van der Waals surface area contributed by atoms with Crippen LogP contribution in [0.2, 0.25) is 0 Å². The number of hydrogen-bond donors (Lipinski definition) is 0. The second-order valence-electron chi connectivity index (χ2n) is 6.90. The van der Waals surface area contributed by atoms with Gasteiger partial charge in [-0.15, -0.1) is 0 Å². The van der Waals surface area contributed by atoms with Gasteiger partial charge in [-0.3, -0.25) is 0 Å². The van der Waals surface area contributed by atoms with E-state index in [1.807, 2.05) is 39.8 Å². The van der Waals surface area contributed by atoms with Crippen molar-refractivity contribution >= 4 is 6.09 Å². The van der Waals surface area contributed by atoms with Crippen molar-refractivity contribution in [2.75, 3.05) is 19.7 Å². The molecule has 0 aromatic carbocycles. The zero-order valence-corrected chi connectivity index (χ0v) is 14.0. The van der Waals surface area contributed by atoms with E-state index in [2.05, 4.69) is 4.98 Å². The van der Waals surface area contributed by atoms with Gasteiger partial charge in [-0.25, -0.2) is 9.78 Å². The van der Waals surface area contributed by atoms with E-state index in [4.69, 9.17) is 9.47 Å². The third-order valence-corrected chi connectivity index (χ3v) is 3.62. The average Bonchev–Trinajstić information content (AvgIpc) is 2.45. The number of hydrogen-bond acceptors (Lipinski definition) is 4. The van der Waals surface area contributed by atoms with E-state index in [0.29, 0.717) is 18.4 Å². The second kappa shape index (κ2) is 6.99.